The van der Waals surface area contributed by atoms with Crippen LogP contribution in [0, 0.1) is 17.5 Å². The molecule has 2 N–H and O–H groups in total. The molecule has 0 unspecified atom stereocenters. The number of halogens is 3. The third-order valence-corrected chi connectivity index (χ3v) is 4.25. The zero-order valence-corrected chi connectivity index (χ0v) is 15.0. The van der Waals surface area contributed by atoms with Crippen LogP contribution in [0.2, 0.25) is 0 Å². The highest BCUT2D eigenvalue weighted by Crippen LogP contribution is 2.16. The first-order valence-corrected chi connectivity index (χ1v) is 8.78. The summed E-state index contributed by atoms with van der Waals surface area (Å²) in [6, 6.07) is 16.7. The zero-order valence-electron chi connectivity index (χ0n) is 15.0. The van der Waals surface area contributed by atoms with E-state index in [1.54, 1.807) is 36.4 Å². The average molecular weight is 384 g/mol. The van der Waals surface area contributed by atoms with E-state index in [9.17, 15) is 18.0 Å². The number of carbonyl (C=O) groups is 1. The molecule has 3 aromatic carbocycles. The summed E-state index contributed by atoms with van der Waals surface area (Å²) >= 11 is 0. The van der Waals surface area contributed by atoms with Crippen molar-refractivity contribution in [2.75, 3.05) is 5.32 Å². The predicted molar refractivity (Wildman–Crippen MR) is 102 cm³/mol. The van der Waals surface area contributed by atoms with E-state index in [2.05, 4.69) is 10.6 Å². The number of anilines is 1. The summed E-state index contributed by atoms with van der Waals surface area (Å²) in [7, 11) is 0. The van der Waals surface area contributed by atoms with E-state index in [-0.39, 0.29) is 30.3 Å². The van der Waals surface area contributed by atoms with Crippen LogP contribution in [0.4, 0.5) is 18.9 Å². The fourth-order valence-corrected chi connectivity index (χ4v) is 2.68. The van der Waals surface area contributed by atoms with Crippen molar-refractivity contribution in [3.63, 3.8) is 0 Å². The van der Waals surface area contributed by atoms with Crippen LogP contribution in [0.3, 0.4) is 0 Å². The highest BCUT2D eigenvalue weighted by Gasteiger charge is 2.08. The maximum Gasteiger partial charge on any atom is 0.224 e. The Hall–Kier alpha value is -3.28. The molecular weight excluding hydrogens is 365 g/mol. The second kappa shape index (κ2) is 9.08. The van der Waals surface area contributed by atoms with E-state index >= 15 is 0 Å². The molecule has 28 heavy (non-hydrogen) atoms. The lowest BCUT2D eigenvalue weighted by Gasteiger charge is -2.10. The smallest absolute Gasteiger partial charge is 0.224 e. The van der Waals surface area contributed by atoms with E-state index in [1.165, 1.54) is 30.3 Å². The first-order valence-electron chi connectivity index (χ1n) is 8.78. The molecule has 0 spiro atoms. The van der Waals surface area contributed by atoms with E-state index in [0.29, 0.717) is 12.2 Å². The van der Waals surface area contributed by atoms with Crippen molar-refractivity contribution in [2.24, 2.45) is 0 Å². The van der Waals surface area contributed by atoms with Crippen molar-refractivity contribution >= 4 is 11.6 Å². The number of nitrogens with one attached hydrogen (secondary N) is 2. The molecule has 0 aliphatic heterocycles. The molecule has 6 heteroatoms. The largest absolute Gasteiger partial charge is 0.381 e. The number of hydrogen-bond acceptors (Lipinski definition) is 2. The minimum atomic E-state index is -0.595. The molecule has 0 aromatic heterocycles. The first kappa shape index (κ1) is 19.5. The summed E-state index contributed by atoms with van der Waals surface area (Å²) in [6.07, 6.45) is 0.198. The summed E-state index contributed by atoms with van der Waals surface area (Å²) in [6.45, 7) is 0.350. The van der Waals surface area contributed by atoms with Crippen LogP contribution in [0.25, 0.3) is 0 Å². The Morgan fingerprint density at radius 2 is 1.36 bits per heavy atom. The van der Waals surface area contributed by atoms with Gasteiger partial charge in [-0.3, -0.25) is 4.79 Å². The van der Waals surface area contributed by atoms with Gasteiger partial charge in [-0.05, 0) is 47.5 Å². The molecule has 1 amide bonds. The number of benzene rings is 3. The van der Waals surface area contributed by atoms with Crippen molar-refractivity contribution in [1.82, 2.24) is 5.32 Å². The maximum atomic E-state index is 13.6. The molecule has 0 saturated carbocycles. The fourth-order valence-electron chi connectivity index (χ4n) is 2.68. The summed E-state index contributed by atoms with van der Waals surface area (Å²) in [5.74, 6) is -1.66. The van der Waals surface area contributed by atoms with Gasteiger partial charge >= 0.3 is 0 Å². The second-order valence-corrected chi connectivity index (χ2v) is 6.33. The van der Waals surface area contributed by atoms with Gasteiger partial charge in [0.15, 0.2) is 0 Å². The lowest BCUT2D eigenvalue weighted by Crippen LogP contribution is -2.24. The molecule has 3 rings (SSSR count). The molecule has 3 nitrogen and oxygen atoms in total. The SMILES string of the molecule is O=C(Cc1ccc(NCc2c(F)cccc2F)cc1)NCc1ccc(F)cc1. The molecule has 0 aliphatic carbocycles. The Morgan fingerprint density at radius 3 is 2.00 bits per heavy atom. The van der Waals surface area contributed by atoms with Crippen LogP contribution in [-0.2, 0) is 24.3 Å². The van der Waals surface area contributed by atoms with Gasteiger partial charge < -0.3 is 10.6 Å². The van der Waals surface area contributed by atoms with Crippen LogP contribution >= 0.6 is 0 Å². The van der Waals surface area contributed by atoms with Crippen molar-refractivity contribution in [1.29, 1.82) is 0 Å². The Labute approximate surface area is 161 Å². The lowest BCUT2D eigenvalue weighted by atomic mass is 10.1. The standard InChI is InChI=1S/C22H19F3N2O/c23-17-8-4-16(5-9-17)13-27-22(28)12-15-6-10-18(11-7-15)26-14-19-20(24)2-1-3-21(19)25/h1-11,26H,12-14H2,(H,27,28). The summed E-state index contributed by atoms with van der Waals surface area (Å²) in [5, 5.41) is 5.74. The maximum absolute atomic E-state index is 13.6. The lowest BCUT2D eigenvalue weighted by molar-refractivity contribution is -0.120. The van der Waals surface area contributed by atoms with Crippen molar-refractivity contribution < 1.29 is 18.0 Å². The number of amides is 1. The third-order valence-electron chi connectivity index (χ3n) is 4.25. The molecule has 3 aromatic rings. The summed E-state index contributed by atoms with van der Waals surface area (Å²) < 4.78 is 40.1. The van der Waals surface area contributed by atoms with Crippen LogP contribution in [-0.4, -0.2) is 5.91 Å². The van der Waals surface area contributed by atoms with Gasteiger partial charge in [0.05, 0.1) is 6.42 Å². The van der Waals surface area contributed by atoms with Gasteiger partial charge in [-0.15, -0.1) is 0 Å². The van der Waals surface area contributed by atoms with E-state index in [1.807, 2.05) is 0 Å². The average Bonchev–Trinajstić information content (AvgIpc) is 2.68. The van der Waals surface area contributed by atoms with E-state index in [4.69, 9.17) is 0 Å². The molecule has 0 aliphatic rings. The van der Waals surface area contributed by atoms with Gasteiger partial charge in [0, 0.05) is 24.3 Å². The monoisotopic (exact) mass is 384 g/mol. The van der Waals surface area contributed by atoms with Crippen molar-refractivity contribution in [3.8, 4) is 0 Å². The molecular formula is C22H19F3N2O. The normalized spacial score (nSPS) is 10.5. The summed E-state index contributed by atoms with van der Waals surface area (Å²) in [4.78, 5) is 12.0. The van der Waals surface area contributed by atoms with Crippen LogP contribution in [0.5, 0.6) is 0 Å². The zero-order chi connectivity index (χ0) is 19.9. The Balaban J connectivity index is 1.49. The van der Waals surface area contributed by atoms with Crippen LogP contribution in [0.15, 0.2) is 66.7 Å². The quantitative estimate of drug-likeness (QED) is 0.626. The topological polar surface area (TPSA) is 41.1 Å². The predicted octanol–water partition coefficient (Wildman–Crippen LogP) is 4.57. The minimum Gasteiger partial charge on any atom is -0.381 e. The molecule has 0 saturated heterocycles. The number of rotatable bonds is 7. The molecule has 0 fully saturated rings. The third kappa shape index (κ3) is 5.36. The molecule has 0 bridgehead atoms. The highest BCUT2D eigenvalue weighted by atomic mass is 19.1. The van der Waals surface area contributed by atoms with E-state index < -0.39 is 11.6 Å². The van der Waals surface area contributed by atoms with Gasteiger partial charge in [-0.1, -0.05) is 30.3 Å². The van der Waals surface area contributed by atoms with Crippen molar-refractivity contribution in [2.45, 2.75) is 19.5 Å². The van der Waals surface area contributed by atoms with Crippen LogP contribution in [0.1, 0.15) is 16.7 Å². The molecule has 0 heterocycles. The molecule has 0 radical (unpaired) electrons. The minimum absolute atomic E-state index is 0.0215. The molecule has 0 atom stereocenters. The molecule has 144 valence electrons. The Morgan fingerprint density at radius 1 is 0.750 bits per heavy atom. The number of hydrogen-bond donors (Lipinski definition) is 2. The van der Waals surface area contributed by atoms with Crippen molar-refractivity contribution in [3.05, 3.63) is 101 Å². The Kier molecular flexibility index (Phi) is 6.32. The van der Waals surface area contributed by atoms with Gasteiger partial charge in [0.2, 0.25) is 5.91 Å². The summed E-state index contributed by atoms with van der Waals surface area (Å²) in [5.41, 5.74) is 2.29. The van der Waals surface area contributed by atoms with Gasteiger partial charge in [0.1, 0.15) is 17.5 Å². The highest BCUT2D eigenvalue weighted by molar-refractivity contribution is 5.78. The first-order chi connectivity index (χ1) is 13.5. The van der Waals surface area contributed by atoms with Gasteiger partial charge in [-0.2, -0.15) is 0 Å². The number of carbonyl (C=O) groups excluding carboxylic acids is 1. The van der Waals surface area contributed by atoms with E-state index in [0.717, 1.165) is 11.1 Å². The van der Waals surface area contributed by atoms with Gasteiger partial charge in [0.25, 0.3) is 0 Å². The second-order valence-electron chi connectivity index (χ2n) is 6.33. The van der Waals surface area contributed by atoms with Crippen LogP contribution < -0.4 is 10.6 Å². The Bertz CT molecular complexity index is 921. The fraction of sp³-hybridized carbons (Fsp3) is 0.136. The van der Waals surface area contributed by atoms with Gasteiger partial charge in [-0.25, -0.2) is 13.2 Å².